The first-order valence-corrected chi connectivity index (χ1v) is 12.9. The van der Waals surface area contributed by atoms with E-state index in [2.05, 4.69) is 12.2 Å². The van der Waals surface area contributed by atoms with Crippen LogP contribution in [0.1, 0.15) is 54.3 Å². The molecule has 0 unspecified atom stereocenters. The molecular weight excluding hydrogens is 486 g/mol. The van der Waals surface area contributed by atoms with Crippen LogP contribution in [0.3, 0.4) is 0 Å². The van der Waals surface area contributed by atoms with Crippen LogP contribution in [-0.2, 0) is 17.9 Å². The van der Waals surface area contributed by atoms with E-state index >= 15 is 0 Å². The van der Waals surface area contributed by atoms with E-state index in [1.54, 1.807) is 30.3 Å². The monoisotopic (exact) mass is 514 g/mol. The highest BCUT2D eigenvalue weighted by molar-refractivity contribution is 8.00. The van der Waals surface area contributed by atoms with Gasteiger partial charge in [-0.2, -0.15) is 0 Å². The zero-order valence-electron chi connectivity index (χ0n) is 20.0. The van der Waals surface area contributed by atoms with E-state index < -0.39 is 11.6 Å². The molecule has 0 saturated carbocycles. The SMILES string of the molecule is CCCCCCOc1cc(F)c(CN2C(=O)CSc3cc(C(=O)NCc4ccco4)ccc32)c(F)c1. The topological polar surface area (TPSA) is 71.8 Å². The third-order valence-electron chi connectivity index (χ3n) is 5.87. The lowest BCUT2D eigenvalue weighted by atomic mass is 10.1. The normalized spacial score (nSPS) is 13.0. The van der Waals surface area contributed by atoms with E-state index in [1.165, 1.54) is 22.9 Å². The predicted octanol–water partition coefficient (Wildman–Crippen LogP) is 6.09. The number of hydrogen-bond donors (Lipinski definition) is 1. The number of thioether (sulfide) groups is 1. The second kappa shape index (κ2) is 12.1. The molecule has 3 aromatic rings. The zero-order valence-corrected chi connectivity index (χ0v) is 20.8. The third kappa shape index (κ3) is 6.26. The molecular formula is C27H28F2N2O4S. The molecule has 9 heteroatoms. The molecule has 0 spiro atoms. The highest BCUT2D eigenvalue weighted by Gasteiger charge is 2.28. The van der Waals surface area contributed by atoms with Crippen molar-refractivity contribution < 1.29 is 27.5 Å². The molecule has 0 fully saturated rings. The summed E-state index contributed by atoms with van der Waals surface area (Å²) in [5.74, 6) is -1.22. The molecule has 1 aliphatic rings. The highest BCUT2D eigenvalue weighted by Crippen LogP contribution is 2.37. The Morgan fingerprint density at radius 2 is 1.94 bits per heavy atom. The number of rotatable bonds is 11. The summed E-state index contributed by atoms with van der Waals surface area (Å²) >= 11 is 1.29. The van der Waals surface area contributed by atoms with Gasteiger partial charge < -0.3 is 19.4 Å². The van der Waals surface area contributed by atoms with Gasteiger partial charge in [0.05, 0.1) is 37.4 Å². The fraction of sp³-hybridized carbons (Fsp3) is 0.333. The minimum Gasteiger partial charge on any atom is -0.493 e. The Balaban J connectivity index is 1.46. The first-order chi connectivity index (χ1) is 17.5. The van der Waals surface area contributed by atoms with Crippen molar-refractivity contribution in [2.75, 3.05) is 17.3 Å². The number of carbonyl (C=O) groups is 2. The van der Waals surface area contributed by atoms with Crippen LogP contribution in [0, 0.1) is 11.6 Å². The fourth-order valence-electron chi connectivity index (χ4n) is 3.89. The van der Waals surface area contributed by atoms with Crippen LogP contribution < -0.4 is 15.0 Å². The van der Waals surface area contributed by atoms with Crippen molar-refractivity contribution in [3.8, 4) is 5.75 Å². The number of nitrogens with zero attached hydrogens (tertiary/aromatic N) is 1. The number of carbonyl (C=O) groups excluding carboxylic acids is 2. The predicted molar refractivity (Wildman–Crippen MR) is 134 cm³/mol. The lowest BCUT2D eigenvalue weighted by molar-refractivity contribution is -0.116. The van der Waals surface area contributed by atoms with Crippen molar-refractivity contribution in [1.82, 2.24) is 5.32 Å². The lowest BCUT2D eigenvalue weighted by Gasteiger charge is -2.29. The number of benzene rings is 2. The molecule has 0 saturated heterocycles. The number of nitrogens with one attached hydrogen (secondary N) is 1. The summed E-state index contributed by atoms with van der Waals surface area (Å²) in [6.07, 6.45) is 5.53. The molecule has 1 aliphatic heterocycles. The number of hydrogen-bond acceptors (Lipinski definition) is 5. The maximum Gasteiger partial charge on any atom is 0.251 e. The van der Waals surface area contributed by atoms with Gasteiger partial charge in [0.2, 0.25) is 5.91 Å². The van der Waals surface area contributed by atoms with Gasteiger partial charge in [-0.05, 0) is 36.8 Å². The van der Waals surface area contributed by atoms with Gasteiger partial charge in [0, 0.05) is 28.2 Å². The molecule has 1 N–H and O–H groups in total. The molecule has 1 aromatic heterocycles. The summed E-state index contributed by atoms with van der Waals surface area (Å²) in [7, 11) is 0. The molecule has 2 amide bonds. The maximum absolute atomic E-state index is 14.8. The van der Waals surface area contributed by atoms with Gasteiger partial charge in [-0.15, -0.1) is 11.8 Å². The lowest BCUT2D eigenvalue weighted by Crippen LogP contribution is -2.35. The van der Waals surface area contributed by atoms with Crippen molar-refractivity contribution in [2.24, 2.45) is 0 Å². The first-order valence-electron chi connectivity index (χ1n) is 11.9. The molecule has 0 aliphatic carbocycles. The van der Waals surface area contributed by atoms with Crippen LogP contribution in [0.4, 0.5) is 14.5 Å². The van der Waals surface area contributed by atoms with Crippen LogP contribution >= 0.6 is 11.8 Å². The van der Waals surface area contributed by atoms with E-state index in [0.29, 0.717) is 28.5 Å². The Bertz CT molecular complexity index is 1190. The Kier molecular flexibility index (Phi) is 8.64. The average Bonchev–Trinajstić information content (AvgIpc) is 3.39. The summed E-state index contributed by atoms with van der Waals surface area (Å²) in [4.78, 5) is 27.3. The van der Waals surface area contributed by atoms with Crippen LogP contribution in [0.15, 0.2) is 58.0 Å². The molecule has 36 heavy (non-hydrogen) atoms. The maximum atomic E-state index is 14.8. The molecule has 190 valence electrons. The van der Waals surface area contributed by atoms with Crippen LogP contribution in [0.5, 0.6) is 5.75 Å². The van der Waals surface area contributed by atoms with Gasteiger partial charge in [-0.3, -0.25) is 9.59 Å². The van der Waals surface area contributed by atoms with Gasteiger partial charge in [-0.1, -0.05) is 26.2 Å². The van der Waals surface area contributed by atoms with Crippen molar-refractivity contribution in [1.29, 1.82) is 0 Å². The number of furan rings is 1. The summed E-state index contributed by atoms with van der Waals surface area (Å²) in [6, 6.07) is 10.7. The molecule has 0 atom stereocenters. The largest absolute Gasteiger partial charge is 0.493 e. The second-order valence-electron chi connectivity index (χ2n) is 8.49. The second-order valence-corrected chi connectivity index (χ2v) is 9.50. The minimum absolute atomic E-state index is 0.104. The fourth-order valence-corrected chi connectivity index (χ4v) is 4.86. The molecule has 6 nitrogen and oxygen atoms in total. The number of anilines is 1. The Labute approximate surface area is 213 Å². The van der Waals surface area contributed by atoms with Crippen LogP contribution in [-0.4, -0.2) is 24.2 Å². The van der Waals surface area contributed by atoms with E-state index in [0.717, 1.165) is 37.8 Å². The molecule has 0 bridgehead atoms. The third-order valence-corrected chi connectivity index (χ3v) is 6.89. The number of amides is 2. The van der Waals surface area contributed by atoms with Gasteiger partial charge >= 0.3 is 0 Å². The standard InChI is InChI=1S/C27H28F2N2O4S/c1-2-3-4-5-10-35-20-13-22(28)21(23(29)14-20)16-31-24-9-8-18(12-25(24)36-17-26(31)32)27(33)30-15-19-7-6-11-34-19/h6-9,11-14H,2-5,10,15-17H2,1H3,(H,30,33). The van der Waals surface area contributed by atoms with E-state index in [9.17, 15) is 18.4 Å². The number of ether oxygens (including phenoxy) is 1. The number of unbranched alkanes of at least 4 members (excludes halogenated alkanes) is 3. The Hall–Kier alpha value is -3.33. The van der Waals surface area contributed by atoms with Crippen LogP contribution in [0.2, 0.25) is 0 Å². The van der Waals surface area contributed by atoms with E-state index in [1.807, 2.05) is 0 Å². The molecule has 4 rings (SSSR count). The average molecular weight is 515 g/mol. The number of halogens is 2. The molecule has 0 radical (unpaired) electrons. The zero-order chi connectivity index (χ0) is 25.5. The van der Waals surface area contributed by atoms with Crippen molar-refractivity contribution >= 4 is 29.3 Å². The van der Waals surface area contributed by atoms with Crippen molar-refractivity contribution in [3.05, 3.63) is 77.2 Å². The first kappa shape index (κ1) is 25.8. The quantitative estimate of drug-likeness (QED) is 0.314. The minimum atomic E-state index is -0.764. The van der Waals surface area contributed by atoms with Gasteiger partial charge in [0.1, 0.15) is 23.1 Å². The summed E-state index contributed by atoms with van der Waals surface area (Å²) in [6.45, 7) is 2.49. The van der Waals surface area contributed by atoms with Crippen LogP contribution in [0.25, 0.3) is 0 Å². The summed E-state index contributed by atoms with van der Waals surface area (Å²) in [5, 5.41) is 2.78. The number of fused-ring (bicyclic) bond motifs is 1. The van der Waals surface area contributed by atoms with Crippen molar-refractivity contribution in [3.63, 3.8) is 0 Å². The van der Waals surface area contributed by atoms with Gasteiger partial charge in [0.25, 0.3) is 5.91 Å². The van der Waals surface area contributed by atoms with Gasteiger partial charge in [-0.25, -0.2) is 8.78 Å². The molecule has 2 aromatic carbocycles. The Morgan fingerprint density at radius 1 is 1.14 bits per heavy atom. The highest BCUT2D eigenvalue weighted by atomic mass is 32.2. The van der Waals surface area contributed by atoms with Gasteiger partial charge in [0.15, 0.2) is 0 Å². The smallest absolute Gasteiger partial charge is 0.251 e. The van der Waals surface area contributed by atoms with E-state index in [-0.39, 0.29) is 42.0 Å². The Morgan fingerprint density at radius 3 is 2.67 bits per heavy atom. The summed E-state index contributed by atoms with van der Waals surface area (Å²) < 4.78 is 40.4. The molecule has 2 heterocycles. The summed E-state index contributed by atoms with van der Waals surface area (Å²) in [5.41, 5.74) is 0.716. The van der Waals surface area contributed by atoms with Crippen molar-refractivity contribution in [2.45, 2.75) is 50.6 Å². The van der Waals surface area contributed by atoms with E-state index in [4.69, 9.17) is 9.15 Å².